The van der Waals surface area contributed by atoms with E-state index in [1.807, 2.05) is 21.7 Å². The number of hydrogen-bond acceptors (Lipinski definition) is 5. The summed E-state index contributed by atoms with van der Waals surface area (Å²) < 4.78 is 1.70. The van der Waals surface area contributed by atoms with Gasteiger partial charge in [0.2, 0.25) is 0 Å². The van der Waals surface area contributed by atoms with E-state index in [1.54, 1.807) is 10.8 Å². The van der Waals surface area contributed by atoms with Crippen molar-refractivity contribution >= 4 is 28.4 Å². The first-order chi connectivity index (χ1) is 11.2. The number of carbonyl (C=O) groups excluding carboxylic acids is 1. The van der Waals surface area contributed by atoms with Gasteiger partial charge in [0.05, 0.1) is 11.8 Å². The summed E-state index contributed by atoms with van der Waals surface area (Å²) in [5, 5.41) is 3.78. The van der Waals surface area contributed by atoms with Crippen molar-refractivity contribution in [2.24, 2.45) is 0 Å². The number of piperidine rings is 1. The Hall–Kier alpha value is -2.48. The van der Waals surface area contributed by atoms with E-state index in [9.17, 15) is 9.59 Å². The molecular weight excluding hydrogens is 314 g/mol. The molecule has 0 spiro atoms. The lowest BCUT2D eigenvalue weighted by Crippen LogP contribution is -2.40. The first-order valence-corrected chi connectivity index (χ1v) is 8.40. The number of nitrogens with zero attached hydrogens (tertiary/aromatic N) is 4. The van der Waals surface area contributed by atoms with Crippen molar-refractivity contribution in [3.8, 4) is 0 Å². The second kappa shape index (κ2) is 5.62. The molecule has 3 aromatic rings. The van der Waals surface area contributed by atoms with Gasteiger partial charge < -0.3 is 9.88 Å². The molecule has 0 aliphatic carbocycles. The molecule has 1 aliphatic heterocycles. The number of thiophene rings is 1. The number of fused-ring (bicyclic) bond motifs is 1. The number of nitrogens with one attached hydrogen (secondary N) is 1. The van der Waals surface area contributed by atoms with E-state index in [4.69, 9.17) is 0 Å². The molecule has 23 heavy (non-hydrogen) atoms. The predicted molar refractivity (Wildman–Crippen MR) is 86.6 cm³/mol. The number of H-pyrrole nitrogens is 1. The third-order valence-corrected chi connectivity index (χ3v) is 4.95. The SMILES string of the molecule is O=C(c1ccsc1)N1CCC(n2c(=O)[nH]c3cncnc32)CC1. The molecule has 4 heterocycles. The third kappa shape index (κ3) is 2.44. The number of aromatic nitrogens is 4. The third-order valence-electron chi connectivity index (χ3n) is 4.26. The maximum absolute atomic E-state index is 12.4. The molecule has 1 N–H and O–H groups in total. The van der Waals surface area contributed by atoms with Gasteiger partial charge in [0, 0.05) is 24.5 Å². The average Bonchev–Trinajstić information content (AvgIpc) is 3.21. The zero-order valence-electron chi connectivity index (χ0n) is 12.3. The minimum Gasteiger partial charge on any atom is -0.338 e. The van der Waals surface area contributed by atoms with Gasteiger partial charge in [0.1, 0.15) is 11.8 Å². The van der Waals surface area contributed by atoms with E-state index in [0.29, 0.717) is 24.3 Å². The number of carbonyl (C=O) groups is 1. The summed E-state index contributed by atoms with van der Waals surface area (Å²) in [7, 11) is 0. The molecule has 0 unspecified atom stereocenters. The van der Waals surface area contributed by atoms with Crippen molar-refractivity contribution in [3.05, 3.63) is 45.4 Å². The smallest absolute Gasteiger partial charge is 0.327 e. The molecule has 0 atom stereocenters. The molecule has 118 valence electrons. The number of amides is 1. The Morgan fingerprint density at radius 3 is 2.91 bits per heavy atom. The summed E-state index contributed by atoms with van der Waals surface area (Å²) in [6.07, 6.45) is 4.54. The maximum atomic E-state index is 12.4. The van der Waals surface area contributed by atoms with Crippen molar-refractivity contribution in [2.75, 3.05) is 13.1 Å². The molecule has 4 rings (SSSR count). The molecular formula is C15H15N5O2S. The zero-order valence-corrected chi connectivity index (χ0v) is 13.1. The minimum atomic E-state index is -0.164. The van der Waals surface area contributed by atoms with E-state index < -0.39 is 0 Å². The van der Waals surface area contributed by atoms with Gasteiger partial charge >= 0.3 is 5.69 Å². The summed E-state index contributed by atoms with van der Waals surface area (Å²) in [6.45, 7) is 1.28. The van der Waals surface area contributed by atoms with Gasteiger partial charge in [-0.2, -0.15) is 11.3 Å². The number of rotatable bonds is 2. The first-order valence-electron chi connectivity index (χ1n) is 7.46. The van der Waals surface area contributed by atoms with Crippen LogP contribution >= 0.6 is 11.3 Å². The van der Waals surface area contributed by atoms with Crippen molar-refractivity contribution in [1.82, 2.24) is 24.4 Å². The van der Waals surface area contributed by atoms with Gasteiger partial charge in [-0.05, 0) is 24.3 Å². The van der Waals surface area contributed by atoms with E-state index in [0.717, 1.165) is 18.4 Å². The summed E-state index contributed by atoms with van der Waals surface area (Å²) in [4.78, 5) is 37.4. The lowest BCUT2D eigenvalue weighted by molar-refractivity contribution is 0.0695. The van der Waals surface area contributed by atoms with E-state index >= 15 is 0 Å². The van der Waals surface area contributed by atoms with Crippen LogP contribution in [0.1, 0.15) is 29.2 Å². The lowest BCUT2D eigenvalue weighted by Gasteiger charge is -2.32. The van der Waals surface area contributed by atoms with Crippen LogP contribution in [0, 0.1) is 0 Å². The highest BCUT2D eigenvalue weighted by molar-refractivity contribution is 7.08. The number of likely N-dealkylation sites (tertiary alicyclic amines) is 1. The summed E-state index contributed by atoms with van der Waals surface area (Å²) in [6, 6.07) is 1.90. The molecule has 7 nitrogen and oxygen atoms in total. The van der Waals surface area contributed by atoms with Gasteiger partial charge in [-0.1, -0.05) is 0 Å². The molecule has 1 amide bonds. The standard InChI is InChI=1S/C15H15N5O2S/c21-14(10-3-6-23-8-10)19-4-1-11(2-5-19)20-13-12(18-15(20)22)7-16-9-17-13/h3,6-9,11H,1-2,4-5H2,(H,18,22). The largest absolute Gasteiger partial charge is 0.338 e. The quantitative estimate of drug-likeness (QED) is 0.775. The topological polar surface area (TPSA) is 83.9 Å². The molecule has 0 bridgehead atoms. The van der Waals surface area contributed by atoms with Crippen LogP contribution in [0.3, 0.4) is 0 Å². The molecule has 0 aromatic carbocycles. The van der Waals surface area contributed by atoms with Gasteiger partial charge in [0.15, 0.2) is 5.65 Å². The minimum absolute atomic E-state index is 0.0534. The Balaban J connectivity index is 1.54. The van der Waals surface area contributed by atoms with Crippen molar-refractivity contribution in [2.45, 2.75) is 18.9 Å². The number of hydrogen-bond donors (Lipinski definition) is 1. The van der Waals surface area contributed by atoms with E-state index in [1.165, 1.54) is 17.7 Å². The first kappa shape index (κ1) is 14.1. The van der Waals surface area contributed by atoms with Crippen LogP contribution in [0.15, 0.2) is 34.1 Å². The Morgan fingerprint density at radius 2 is 2.17 bits per heavy atom. The Morgan fingerprint density at radius 1 is 1.35 bits per heavy atom. The number of imidazole rings is 1. The monoisotopic (exact) mass is 329 g/mol. The highest BCUT2D eigenvalue weighted by Crippen LogP contribution is 2.25. The maximum Gasteiger partial charge on any atom is 0.327 e. The molecule has 1 saturated heterocycles. The van der Waals surface area contributed by atoms with Gasteiger partial charge in [-0.15, -0.1) is 0 Å². The Bertz CT molecular complexity index is 890. The summed E-state index contributed by atoms with van der Waals surface area (Å²) >= 11 is 1.52. The molecule has 0 radical (unpaired) electrons. The molecule has 8 heteroatoms. The highest BCUT2D eigenvalue weighted by Gasteiger charge is 2.27. The van der Waals surface area contributed by atoms with Crippen molar-refractivity contribution in [3.63, 3.8) is 0 Å². The van der Waals surface area contributed by atoms with Crippen LogP contribution in [0.2, 0.25) is 0 Å². The van der Waals surface area contributed by atoms with Crippen molar-refractivity contribution < 1.29 is 4.79 Å². The van der Waals surface area contributed by atoms with Crippen LogP contribution in [0.4, 0.5) is 0 Å². The second-order valence-corrected chi connectivity index (χ2v) is 6.38. The fraction of sp³-hybridized carbons (Fsp3) is 0.333. The molecule has 3 aromatic heterocycles. The Kier molecular flexibility index (Phi) is 3.45. The van der Waals surface area contributed by atoms with Crippen LogP contribution < -0.4 is 5.69 Å². The molecule has 1 fully saturated rings. The highest BCUT2D eigenvalue weighted by atomic mass is 32.1. The molecule has 1 aliphatic rings. The Labute approximate surface area is 135 Å². The van der Waals surface area contributed by atoms with Crippen LogP contribution in [0.5, 0.6) is 0 Å². The average molecular weight is 329 g/mol. The van der Waals surface area contributed by atoms with E-state index in [2.05, 4.69) is 15.0 Å². The predicted octanol–water partition coefficient (Wildman–Crippen LogP) is 1.66. The lowest BCUT2D eigenvalue weighted by atomic mass is 10.0. The second-order valence-electron chi connectivity index (χ2n) is 5.60. The van der Waals surface area contributed by atoms with Crippen LogP contribution in [-0.4, -0.2) is 43.4 Å². The summed E-state index contributed by atoms with van der Waals surface area (Å²) in [5.41, 5.74) is 1.86. The number of aromatic amines is 1. The van der Waals surface area contributed by atoms with Crippen LogP contribution in [-0.2, 0) is 0 Å². The van der Waals surface area contributed by atoms with Crippen LogP contribution in [0.25, 0.3) is 11.2 Å². The van der Waals surface area contributed by atoms with Gasteiger partial charge in [-0.3, -0.25) is 9.36 Å². The van der Waals surface area contributed by atoms with E-state index in [-0.39, 0.29) is 17.6 Å². The van der Waals surface area contributed by atoms with Crippen molar-refractivity contribution in [1.29, 1.82) is 0 Å². The fourth-order valence-corrected chi connectivity index (χ4v) is 3.74. The molecule has 0 saturated carbocycles. The fourth-order valence-electron chi connectivity index (χ4n) is 3.11. The zero-order chi connectivity index (χ0) is 15.8. The normalized spacial score (nSPS) is 16.1. The van der Waals surface area contributed by atoms with Gasteiger partial charge in [-0.25, -0.2) is 14.8 Å². The van der Waals surface area contributed by atoms with Gasteiger partial charge in [0.25, 0.3) is 5.91 Å². The summed E-state index contributed by atoms with van der Waals surface area (Å²) in [5.74, 6) is 0.0679.